The topological polar surface area (TPSA) is 66.1 Å². The molecule has 1 fully saturated rings. The molecule has 170 valence electrons. The van der Waals surface area contributed by atoms with Gasteiger partial charge in [-0.05, 0) is 55.8 Å². The normalized spacial score (nSPS) is 16.9. The molecule has 1 aliphatic heterocycles. The van der Waals surface area contributed by atoms with Crippen molar-refractivity contribution in [2.45, 2.75) is 38.0 Å². The number of nitrogens with zero attached hydrogens (tertiary/aromatic N) is 3. The Labute approximate surface area is 184 Å². The zero-order valence-corrected chi connectivity index (χ0v) is 17.8. The van der Waals surface area contributed by atoms with Crippen LogP contribution in [0.15, 0.2) is 48.7 Å². The number of benzene rings is 1. The third-order valence-electron chi connectivity index (χ3n) is 5.68. The lowest BCUT2D eigenvalue weighted by Crippen LogP contribution is -2.23. The second-order valence-electron chi connectivity index (χ2n) is 7.83. The van der Waals surface area contributed by atoms with Gasteiger partial charge in [0.2, 0.25) is 0 Å². The van der Waals surface area contributed by atoms with Crippen LogP contribution in [0.4, 0.5) is 19.0 Å². The monoisotopic (exact) mass is 445 g/mol. The van der Waals surface area contributed by atoms with Crippen molar-refractivity contribution >= 4 is 5.82 Å². The van der Waals surface area contributed by atoms with Gasteiger partial charge in [0.25, 0.3) is 0 Å². The van der Waals surface area contributed by atoms with E-state index >= 15 is 0 Å². The van der Waals surface area contributed by atoms with Crippen molar-refractivity contribution in [2.75, 3.05) is 25.5 Å². The zero-order chi connectivity index (χ0) is 22.6. The molecule has 1 saturated heterocycles. The first-order valence-corrected chi connectivity index (χ1v) is 10.6. The Kier molecular flexibility index (Phi) is 6.64. The Hall–Kier alpha value is -3.07. The minimum atomic E-state index is -4.34. The van der Waals surface area contributed by atoms with E-state index in [4.69, 9.17) is 4.74 Å². The van der Waals surface area contributed by atoms with Crippen LogP contribution in [0.3, 0.4) is 0 Å². The number of hydrogen-bond donors (Lipinski definition) is 2. The van der Waals surface area contributed by atoms with Gasteiger partial charge < -0.3 is 10.1 Å². The highest BCUT2D eigenvalue weighted by Crippen LogP contribution is 2.33. The summed E-state index contributed by atoms with van der Waals surface area (Å²) in [4.78, 5) is 6.80. The lowest BCUT2D eigenvalue weighted by atomic mass is 10.1. The molecular weight excluding hydrogens is 419 g/mol. The van der Waals surface area contributed by atoms with Gasteiger partial charge in [-0.1, -0.05) is 6.07 Å². The van der Waals surface area contributed by atoms with Crippen molar-refractivity contribution in [2.24, 2.45) is 0 Å². The molecule has 0 aliphatic carbocycles. The Bertz CT molecular complexity index is 1020. The third-order valence-corrected chi connectivity index (χ3v) is 5.68. The lowest BCUT2D eigenvalue weighted by Gasteiger charge is -2.23. The van der Waals surface area contributed by atoms with Crippen LogP contribution in [0.25, 0.3) is 0 Å². The van der Waals surface area contributed by atoms with E-state index in [1.54, 1.807) is 6.20 Å². The van der Waals surface area contributed by atoms with Gasteiger partial charge in [-0.3, -0.25) is 10.00 Å². The molecule has 0 bridgehead atoms. The highest BCUT2D eigenvalue weighted by Gasteiger charge is 2.30. The van der Waals surface area contributed by atoms with Crippen LogP contribution in [0, 0.1) is 0 Å². The molecule has 4 rings (SSSR count). The third kappa shape index (κ3) is 5.21. The number of aromatic amines is 1. The standard InChI is InChI=1S/C23H26F3N5O/c1-27-22-16(4-2-11-28-22)15-31-12-3-5-21(31)20-14-18(29-30-20)10-13-32-19-8-6-17(7-9-19)23(24,25)26/h2,4,6-9,11,14,21H,3,5,10,12-13,15H2,1H3,(H,27,28)(H,29,30)/t21-/m0/s1. The second kappa shape index (κ2) is 9.60. The Morgan fingerprint density at radius 3 is 2.78 bits per heavy atom. The fraction of sp³-hybridized carbons (Fsp3) is 0.391. The largest absolute Gasteiger partial charge is 0.493 e. The number of alkyl halides is 3. The average molecular weight is 445 g/mol. The van der Waals surface area contributed by atoms with Crippen LogP contribution in [-0.4, -0.2) is 40.3 Å². The van der Waals surface area contributed by atoms with Gasteiger partial charge in [0, 0.05) is 37.5 Å². The predicted octanol–water partition coefficient (Wildman–Crippen LogP) is 4.82. The molecule has 32 heavy (non-hydrogen) atoms. The summed E-state index contributed by atoms with van der Waals surface area (Å²) in [6.07, 6.45) is 0.182. The van der Waals surface area contributed by atoms with Crippen LogP contribution >= 0.6 is 0 Å². The number of halogens is 3. The molecule has 0 amide bonds. The van der Waals surface area contributed by atoms with E-state index in [-0.39, 0.29) is 6.04 Å². The molecular formula is C23H26F3N5O. The number of pyridine rings is 1. The van der Waals surface area contributed by atoms with E-state index in [1.165, 1.54) is 12.1 Å². The summed E-state index contributed by atoms with van der Waals surface area (Å²) in [5.41, 5.74) is 2.41. The highest BCUT2D eigenvalue weighted by molar-refractivity contribution is 5.43. The molecule has 2 N–H and O–H groups in total. The average Bonchev–Trinajstić information content (AvgIpc) is 3.43. The zero-order valence-electron chi connectivity index (χ0n) is 17.8. The van der Waals surface area contributed by atoms with Crippen molar-refractivity contribution < 1.29 is 17.9 Å². The molecule has 1 aliphatic rings. The number of anilines is 1. The number of nitrogens with one attached hydrogen (secondary N) is 2. The van der Waals surface area contributed by atoms with Crippen LogP contribution in [0.1, 0.15) is 41.4 Å². The quantitative estimate of drug-likeness (QED) is 0.520. The number of ether oxygens (including phenoxy) is 1. The van der Waals surface area contributed by atoms with Crippen LogP contribution in [0.5, 0.6) is 5.75 Å². The summed E-state index contributed by atoms with van der Waals surface area (Å²) in [6.45, 7) is 2.15. The van der Waals surface area contributed by atoms with Crippen molar-refractivity contribution in [1.29, 1.82) is 0 Å². The number of H-pyrrole nitrogens is 1. The molecule has 0 unspecified atom stereocenters. The molecule has 0 radical (unpaired) electrons. The van der Waals surface area contributed by atoms with Crippen LogP contribution in [0.2, 0.25) is 0 Å². The molecule has 2 aromatic heterocycles. The maximum atomic E-state index is 12.6. The maximum absolute atomic E-state index is 12.6. The lowest BCUT2D eigenvalue weighted by molar-refractivity contribution is -0.137. The van der Waals surface area contributed by atoms with Gasteiger partial charge in [-0.25, -0.2) is 4.98 Å². The van der Waals surface area contributed by atoms with Gasteiger partial charge in [0.1, 0.15) is 11.6 Å². The fourth-order valence-corrected chi connectivity index (χ4v) is 4.06. The van der Waals surface area contributed by atoms with Gasteiger partial charge in [0.15, 0.2) is 0 Å². The number of rotatable bonds is 8. The fourth-order valence-electron chi connectivity index (χ4n) is 4.06. The minimum absolute atomic E-state index is 0.237. The minimum Gasteiger partial charge on any atom is -0.493 e. The van der Waals surface area contributed by atoms with E-state index in [0.29, 0.717) is 18.8 Å². The molecule has 0 saturated carbocycles. The van der Waals surface area contributed by atoms with E-state index in [1.807, 2.05) is 13.1 Å². The second-order valence-corrected chi connectivity index (χ2v) is 7.83. The number of likely N-dealkylation sites (tertiary alicyclic amines) is 1. The number of aromatic nitrogens is 3. The first-order valence-electron chi connectivity index (χ1n) is 10.6. The molecule has 0 spiro atoms. The first-order chi connectivity index (χ1) is 15.4. The summed E-state index contributed by atoms with van der Waals surface area (Å²) in [5, 5.41) is 10.7. The Morgan fingerprint density at radius 1 is 1.22 bits per heavy atom. The summed E-state index contributed by atoms with van der Waals surface area (Å²) >= 11 is 0. The van der Waals surface area contributed by atoms with Crippen molar-refractivity contribution in [3.8, 4) is 5.75 Å². The van der Waals surface area contributed by atoms with Gasteiger partial charge in [-0.15, -0.1) is 0 Å². The van der Waals surface area contributed by atoms with Crippen LogP contribution in [-0.2, 0) is 19.1 Å². The first kappa shape index (κ1) is 22.1. The predicted molar refractivity (Wildman–Crippen MR) is 115 cm³/mol. The van der Waals surface area contributed by atoms with Gasteiger partial charge in [-0.2, -0.15) is 18.3 Å². The maximum Gasteiger partial charge on any atom is 0.416 e. The van der Waals surface area contributed by atoms with Gasteiger partial charge >= 0.3 is 6.18 Å². The van der Waals surface area contributed by atoms with Crippen molar-refractivity contribution in [1.82, 2.24) is 20.1 Å². The van der Waals surface area contributed by atoms with Gasteiger partial charge in [0.05, 0.1) is 23.9 Å². The molecule has 6 nitrogen and oxygen atoms in total. The van der Waals surface area contributed by atoms with Crippen molar-refractivity contribution in [3.63, 3.8) is 0 Å². The van der Waals surface area contributed by atoms with E-state index in [2.05, 4.69) is 37.5 Å². The molecule has 1 atom stereocenters. The van der Waals surface area contributed by atoms with Crippen LogP contribution < -0.4 is 10.1 Å². The summed E-state index contributed by atoms with van der Waals surface area (Å²) in [6, 6.07) is 11.1. The summed E-state index contributed by atoms with van der Waals surface area (Å²) in [5.74, 6) is 1.30. The van der Waals surface area contributed by atoms with E-state index < -0.39 is 11.7 Å². The van der Waals surface area contributed by atoms with E-state index in [9.17, 15) is 13.2 Å². The smallest absolute Gasteiger partial charge is 0.416 e. The molecule has 3 heterocycles. The Balaban J connectivity index is 1.33. The molecule has 3 aromatic rings. The SMILES string of the molecule is CNc1ncccc1CN1CCC[C@H]1c1cc(CCOc2ccc(C(F)(F)F)cc2)[nH]n1. The summed E-state index contributed by atoms with van der Waals surface area (Å²) < 4.78 is 43.5. The van der Waals surface area contributed by atoms with E-state index in [0.717, 1.165) is 60.8 Å². The highest BCUT2D eigenvalue weighted by atomic mass is 19.4. The molecule has 9 heteroatoms. The summed E-state index contributed by atoms with van der Waals surface area (Å²) in [7, 11) is 1.88. The Morgan fingerprint density at radius 2 is 2.03 bits per heavy atom. The number of hydrogen-bond acceptors (Lipinski definition) is 5. The van der Waals surface area contributed by atoms with Crippen molar-refractivity contribution in [3.05, 3.63) is 71.2 Å². The molecule has 1 aromatic carbocycles.